The van der Waals surface area contributed by atoms with Gasteiger partial charge in [-0.1, -0.05) is 11.6 Å². The summed E-state index contributed by atoms with van der Waals surface area (Å²) in [5, 5.41) is 17.9. The van der Waals surface area contributed by atoms with Crippen LogP contribution in [-0.4, -0.2) is 19.9 Å². The molecule has 18 heavy (non-hydrogen) atoms. The summed E-state index contributed by atoms with van der Waals surface area (Å²) in [6.45, 7) is 1.96. The molecule has 0 spiro atoms. The van der Waals surface area contributed by atoms with Crippen LogP contribution in [0, 0.1) is 0 Å². The first-order valence-electron chi connectivity index (χ1n) is 5.51. The minimum absolute atomic E-state index is 0.290. The molecular formula is C12H14ClN3O2. The SMILES string of the molecule is C[C@@H](O)c1cc(Cl)ccc1OCc1nncn1C. The third-order valence-electron chi connectivity index (χ3n) is 2.58. The van der Waals surface area contributed by atoms with Crippen LogP contribution in [0.2, 0.25) is 5.02 Å². The number of aliphatic hydroxyl groups is 1. The van der Waals surface area contributed by atoms with Crippen molar-refractivity contribution in [2.75, 3.05) is 0 Å². The second-order valence-electron chi connectivity index (χ2n) is 4.00. The molecule has 0 radical (unpaired) electrons. The fraction of sp³-hybridized carbons (Fsp3) is 0.333. The molecule has 2 rings (SSSR count). The number of aliphatic hydroxyl groups excluding tert-OH is 1. The Kier molecular flexibility index (Phi) is 3.84. The molecule has 5 nitrogen and oxygen atoms in total. The Morgan fingerprint density at radius 2 is 2.28 bits per heavy atom. The molecule has 0 aliphatic heterocycles. The second kappa shape index (κ2) is 5.37. The van der Waals surface area contributed by atoms with E-state index in [1.165, 1.54) is 0 Å². The Bertz CT molecular complexity index is 540. The van der Waals surface area contributed by atoms with E-state index < -0.39 is 6.10 Å². The van der Waals surface area contributed by atoms with E-state index in [9.17, 15) is 5.11 Å². The van der Waals surface area contributed by atoms with Crippen LogP contribution >= 0.6 is 11.6 Å². The molecule has 0 amide bonds. The van der Waals surface area contributed by atoms with Gasteiger partial charge in [0.2, 0.25) is 0 Å². The Morgan fingerprint density at radius 1 is 1.50 bits per heavy atom. The van der Waals surface area contributed by atoms with Crippen LogP contribution in [-0.2, 0) is 13.7 Å². The topological polar surface area (TPSA) is 60.2 Å². The molecule has 1 aromatic heterocycles. The van der Waals surface area contributed by atoms with Gasteiger partial charge in [0.1, 0.15) is 18.7 Å². The van der Waals surface area contributed by atoms with E-state index in [0.717, 1.165) is 0 Å². The van der Waals surface area contributed by atoms with Crippen molar-refractivity contribution in [3.05, 3.63) is 40.9 Å². The van der Waals surface area contributed by atoms with Crippen LogP contribution in [0.1, 0.15) is 24.4 Å². The first-order chi connectivity index (χ1) is 8.58. The number of halogens is 1. The summed E-state index contributed by atoms with van der Waals surface area (Å²) < 4.78 is 7.41. The third-order valence-corrected chi connectivity index (χ3v) is 2.82. The van der Waals surface area contributed by atoms with Crippen molar-refractivity contribution in [2.24, 2.45) is 7.05 Å². The predicted molar refractivity (Wildman–Crippen MR) is 67.4 cm³/mol. The van der Waals surface area contributed by atoms with E-state index in [-0.39, 0.29) is 6.61 Å². The zero-order valence-corrected chi connectivity index (χ0v) is 10.9. The summed E-state index contributed by atoms with van der Waals surface area (Å²) in [6, 6.07) is 5.15. The van der Waals surface area contributed by atoms with Gasteiger partial charge in [-0.05, 0) is 25.1 Å². The second-order valence-corrected chi connectivity index (χ2v) is 4.44. The summed E-state index contributed by atoms with van der Waals surface area (Å²) in [5.41, 5.74) is 0.657. The van der Waals surface area contributed by atoms with E-state index in [1.54, 1.807) is 36.0 Å². The lowest BCUT2D eigenvalue weighted by atomic mass is 10.1. The zero-order valence-electron chi connectivity index (χ0n) is 10.2. The molecule has 1 atom stereocenters. The first-order valence-corrected chi connectivity index (χ1v) is 5.89. The molecule has 0 saturated heterocycles. The highest BCUT2D eigenvalue weighted by molar-refractivity contribution is 6.30. The molecule has 0 bridgehead atoms. The van der Waals surface area contributed by atoms with Crippen LogP contribution in [0.5, 0.6) is 5.75 Å². The van der Waals surface area contributed by atoms with Gasteiger partial charge in [-0.15, -0.1) is 10.2 Å². The van der Waals surface area contributed by atoms with Crippen LogP contribution in [0.4, 0.5) is 0 Å². The van der Waals surface area contributed by atoms with Crippen molar-refractivity contribution in [1.82, 2.24) is 14.8 Å². The molecule has 1 N–H and O–H groups in total. The average molecular weight is 268 g/mol. The normalized spacial score (nSPS) is 12.4. The van der Waals surface area contributed by atoms with E-state index in [0.29, 0.717) is 22.2 Å². The maximum Gasteiger partial charge on any atom is 0.170 e. The Balaban J connectivity index is 2.16. The van der Waals surface area contributed by atoms with Gasteiger partial charge in [-0.3, -0.25) is 0 Å². The maximum atomic E-state index is 9.67. The van der Waals surface area contributed by atoms with Crippen molar-refractivity contribution >= 4 is 11.6 Å². The number of hydrogen-bond donors (Lipinski definition) is 1. The van der Waals surface area contributed by atoms with Gasteiger partial charge in [0.25, 0.3) is 0 Å². The van der Waals surface area contributed by atoms with Gasteiger partial charge in [0.15, 0.2) is 5.82 Å². The average Bonchev–Trinajstić information content (AvgIpc) is 2.73. The van der Waals surface area contributed by atoms with Gasteiger partial charge >= 0.3 is 0 Å². The fourth-order valence-electron chi connectivity index (χ4n) is 1.56. The third kappa shape index (κ3) is 2.80. The lowest BCUT2D eigenvalue weighted by Gasteiger charge is -2.13. The van der Waals surface area contributed by atoms with Crippen LogP contribution in [0.15, 0.2) is 24.5 Å². The number of hydrogen-bond acceptors (Lipinski definition) is 4. The number of nitrogens with zero attached hydrogens (tertiary/aromatic N) is 3. The Hall–Kier alpha value is -1.59. The minimum Gasteiger partial charge on any atom is -0.485 e. The van der Waals surface area contributed by atoms with Gasteiger partial charge in [0, 0.05) is 17.6 Å². The molecule has 0 fully saturated rings. The summed E-state index contributed by atoms with van der Waals surface area (Å²) in [4.78, 5) is 0. The molecule has 0 saturated carbocycles. The molecule has 96 valence electrons. The zero-order chi connectivity index (χ0) is 13.1. The molecule has 1 heterocycles. The molecule has 0 aliphatic carbocycles. The highest BCUT2D eigenvalue weighted by atomic mass is 35.5. The van der Waals surface area contributed by atoms with Gasteiger partial charge < -0.3 is 14.4 Å². The van der Waals surface area contributed by atoms with Crippen molar-refractivity contribution in [3.8, 4) is 5.75 Å². The standard InChI is InChI=1S/C12H14ClN3O2/c1-8(17)10-5-9(13)3-4-11(10)18-6-12-15-14-7-16(12)2/h3-5,7-8,17H,6H2,1-2H3/t8-/m1/s1. The number of benzene rings is 1. The molecule has 2 aromatic rings. The number of aromatic nitrogens is 3. The summed E-state index contributed by atoms with van der Waals surface area (Å²) in [7, 11) is 1.84. The lowest BCUT2D eigenvalue weighted by Crippen LogP contribution is -2.05. The Morgan fingerprint density at radius 3 is 2.89 bits per heavy atom. The molecular weight excluding hydrogens is 254 g/mol. The molecule has 0 aliphatic rings. The van der Waals surface area contributed by atoms with Crippen molar-refractivity contribution in [3.63, 3.8) is 0 Å². The van der Waals surface area contributed by atoms with Gasteiger partial charge in [0.05, 0.1) is 6.10 Å². The van der Waals surface area contributed by atoms with Crippen LogP contribution in [0.3, 0.4) is 0 Å². The van der Waals surface area contributed by atoms with Crippen molar-refractivity contribution < 1.29 is 9.84 Å². The fourth-order valence-corrected chi connectivity index (χ4v) is 1.74. The highest BCUT2D eigenvalue weighted by Gasteiger charge is 2.11. The predicted octanol–water partition coefficient (Wildman–Crippen LogP) is 2.10. The van der Waals surface area contributed by atoms with Crippen molar-refractivity contribution in [1.29, 1.82) is 0 Å². The summed E-state index contributed by atoms with van der Waals surface area (Å²) in [5.74, 6) is 1.30. The molecule has 6 heteroatoms. The highest BCUT2D eigenvalue weighted by Crippen LogP contribution is 2.28. The van der Waals surface area contributed by atoms with E-state index in [4.69, 9.17) is 16.3 Å². The van der Waals surface area contributed by atoms with E-state index in [1.807, 2.05) is 7.05 Å². The van der Waals surface area contributed by atoms with E-state index >= 15 is 0 Å². The van der Waals surface area contributed by atoms with Gasteiger partial charge in [-0.2, -0.15) is 0 Å². The minimum atomic E-state index is -0.641. The summed E-state index contributed by atoms with van der Waals surface area (Å²) in [6.07, 6.45) is 0.967. The maximum absolute atomic E-state index is 9.67. The van der Waals surface area contributed by atoms with Gasteiger partial charge in [-0.25, -0.2) is 0 Å². The van der Waals surface area contributed by atoms with Crippen molar-refractivity contribution in [2.45, 2.75) is 19.6 Å². The Labute approximate surface area is 110 Å². The van der Waals surface area contributed by atoms with Crippen LogP contribution in [0.25, 0.3) is 0 Å². The van der Waals surface area contributed by atoms with Crippen LogP contribution < -0.4 is 4.74 Å². The number of aryl methyl sites for hydroxylation is 1. The lowest BCUT2D eigenvalue weighted by molar-refractivity contribution is 0.189. The summed E-state index contributed by atoms with van der Waals surface area (Å²) >= 11 is 5.89. The number of rotatable bonds is 4. The monoisotopic (exact) mass is 267 g/mol. The molecule has 1 aromatic carbocycles. The smallest absolute Gasteiger partial charge is 0.170 e. The number of ether oxygens (including phenoxy) is 1. The van der Waals surface area contributed by atoms with E-state index in [2.05, 4.69) is 10.2 Å². The molecule has 0 unspecified atom stereocenters. The quantitative estimate of drug-likeness (QED) is 0.922. The largest absolute Gasteiger partial charge is 0.485 e. The first kappa shape index (κ1) is 12.9.